The highest BCUT2D eigenvalue weighted by molar-refractivity contribution is 5.91. The Morgan fingerprint density at radius 3 is 2.29 bits per heavy atom. The molecule has 7 heteroatoms. The van der Waals surface area contributed by atoms with Crippen molar-refractivity contribution in [1.29, 1.82) is 0 Å². The highest BCUT2D eigenvalue weighted by atomic mass is 16.6. The van der Waals surface area contributed by atoms with Gasteiger partial charge in [0.05, 0.1) is 19.4 Å². The van der Waals surface area contributed by atoms with Gasteiger partial charge >= 0.3 is 12.0 Å². The summed E-state index contributed by atoms with van der Waals surface area (Å²) in [4.78, 5) is 27.1. The molecule has 0 saturated heterocycles. The largest absolute Gasteiger partial charge is 0.495 e. The molecule has 0 aliphatic heterocycles. The van der Waals surface area contributed by atoms with Crippen LogP contribution >= 0.6 is 0 Å². The highest BCUT2D eigenvalue weighted by Crippen LogP contribution is 2.24. The second-order valence-corrected chi connectivity index (χ2v) is 8.94. The second kappa shape index (κ2) is 14.2. The minimum atomic E-state index is -1.09. The Kier molecular flexibility index (Phi) is 11.4. The van der Waals surface area contributed by atoms with Gasteiger partial charge in [-0.25, -0.2) is 9.59 Å². The van der Waals surface area contributed by atoms with Gasteiger partial charge in [-0.15, -0.1) is 0 Å². The zero-order valence-corrected chi connectivity index (χ0v) is 21.8. The van der Waals surface area contributed by atoms with Crippen LogP contribution in [0.25, 0.3) is 0 Å². The molecule has 2 aromatic rings. The first-order valence-electron chi connectivity index (χ1n) is 12.4. The van der Waals surface area contributed by atoms with Crippen molar-refractivity contribution in [1.82, 2.24) is 4.90 Å². The minimum Gasteiger partial charge on any atom is -0.495 e. The van der Waals surface area contributed by atoms with Gasteiger partial charge in [0.25, 0.3) is 0 Å². The lowest BCUT2D eigenvalue weighted by molar-refractivity contribution is -0.158. The predicted octanol–water partition coefficient (Wildman–Crippen LogP) is 6.42. The number of nitrogens with one attached hydrogen (secondary N) is 1. The van der Waals surface area contributed by atoms with Crippen molar-refractivity contribution >= 4 is 17.7 Å². The Labute approximate surface area is 209 Å². The number of unbranched alkanes of at least 4 members (excludes halogenated alkanes) is 4. The van der Waals surface area contributed by atoms with Crippen LogP contribution in [0.4, 0.5) is 10.5 Å². The molecular weight excluding hydrogens is 444 g/mol. The third-order valence-corrected chi connectivity index (χ3v) is 5.60. The maximum Gasteiger partial charge on any atom is 0.349 e. The van der Waals surface area contributed by atoms with E-state index >= 15 is 0 Å². The van der Waals surface area contributed by atoms with Gasteiger partial charge in [-0.3, -0.25) is 0 Å². The van der Waals surface area contributed by atoms with E-state index in [0.29, 0.717) is 36.9 Å². The Morgan fingerprint density at radius 1 is 0.943 bits per heavy atom. The maximum absolute atomic E-state index is 13.2. The summed E-state index contributed by atoms with van der Waals surface area (Å²) in [6, 6.07) is 14.7. The summed E-state index contributed by atoms with van der Waals surface area (Å²) in [6.45, 7) is 8.73. The quantitative estimate of drug-likeness (QED) is 0.247. The molecule has 0 aliphatic rings. The van der Waals surface area contributed by atoms with Gasteiger partial charge in [0, 0.05) is 13.1 Å². The number of ether oxygens (including phenoxy) is 3. The molecule has 0 unspecified atom stereocenters. The standard InChI is InChI=1S/C28H40N2O5/c1-6-8-9-10-13-20-30(27(32)29-24-14-11-12-15-25(24)33-5)21-22-16-18-23(19-17-22)35-28(3,4)26(31)34-7-2/h11-12,14-19H,6-10,13,20-21H2,1-5H3,(H,29,32). The summed E-state index contributed by atoms with van der Waals surface area (Å²) in [6.07, 6.45) is 5.58. The van der Waals surface area contributed by atoms with E-state index < -0.39 is 11.6 Å². The summed E-state index contributed by atoms with van der Waals surface area (Å²) in [7, 11) is 1.59. The summed E-state index contributed by atoms with van der Waals surface area (Å²) >= 11 is 0. The number of hydrogen-bond donors (Lipinski definition) is 1. The predicted molar refractivity (Wildman–Crippen MR) is 139 cm³/mol. The molecule has 0 aromatic heterocycles. The monoisotopic (exact) mass is 484 g/mol. The summed E-state index contributed by atoms with van der Waals surface area (Å²) in [5.41, 5.74) is 0.521. The first kappa shape index (κ1) is 28.0. The lowest BCUT2D eigenvalue weighted by Gasteiger charge is -2.25. The highest BCUT2D eigenvalue weighted by Gasteiger charge is 2.31. The summed E-state index contributed by atoms with van der Waals surface area (Å²) in [5, 5.41) is 2.99. The molecule has 2 amide bonds. The third kappa shape index (κ3) is 9.15. The fourth-order valence-corrected chi connectivity index (χ4v) is 3.63. The van der Waals surface area contributed by atoms with Crippen molar-refractivity contribution < 1.29 is 23.8 Å². The van der Waals surface area contributed by atoms with Crippen molar-refractivity contribution in [2.45, 2.75) is 71.9 Å². The lowest BCUT2D eigenvalue weighted by atomic mass is 10.1. The number of para-hydroxylation sites is 2. The van der Waals surface area contributed by atoms with Crippen LogP contribution in [-0.2, 0) is 16.1 Å². The second-order valence-electron chi connectivity index (χ2n) is 8.94. The number of nitrogens with zero attached hydrogens (tertiary/aromatic N) is 1. The molecule has 0 saturated carbocycles. The molecule has 1 N–H and O–H groups in total. The van der Waals surface area contributed by atoms with Gasteiger partial charge in [-0.2, -0.15) is 0 Å². The fraction of sp³-hybridized carbons (Fsp3) is 0.500. The molecule has 0 atom stereocenters. The number of benzene rings is 2. The van der Waals surface area contributed by atoms with Gasteiger partial charge in [0.1, 0.15) is 11.5 Å². The average Bonchev–Trinajstić information content (AvgIpc) is 2.84. The fourth-order valence-electron chi connectivity index (χ4n) is 3.63. The molecule has 0 fully saturated rings. The first-order chi connectivity index (χ1) is 16.8. The topological polar surface area (TPSA) is 77.1 Å². The SMILES string of the molecule is CCCCCCCN(Cc1ccc(OC(C)(C)C(=O)OCC)cc1)C(=O)Nc1ccccc1OC. The molecule has 192 valence electrons. The zero-order valence-electron chi connectivity index (χ0n) is 21.8. The first-order valence-corrected chi connectivity index (χ1v) is 12.4. The number of amides is 2. The van der Waals surface area contributed by atoms with Crippen LogP contribution in [0.15, 0.2) is 48.5 Å². The number of carbonyl (C=O) groups is 2. The van der Waals surface area contributed by atoms with Crippen molar-refractivity contribution in [2.75, 3.05) is 25.6 Å². The molecule has 7 nitrogen and oxygen atoms in total. The van der Waals surface area contributed by atoms with Crippen LogP contribution in [0.2, 0.25) is 0 Å². The Morgan fingerprint density at radius 2 is 1.63 bits per heavy atom. The van der Waals surface area contributed by atoms with E-state index in [9.17, 15) is 9.59 Å². The lowest BCUT2D eigenvalue weighted by Crippen LogP contribution is -2.39. The van der Waals surface area contributed by atoms with Crippen LogP contribution < -0.4 is 14.8 Å². The molecule has 35 heavy (non-hydrogen) atoms. The molecule has 0 spiro atoms. The Balaban J connectivity index is 2.08. The van der Waals surface area contributed by atoms with Gasteiger partial charge < -0.3 is 24.4 Å². The van der Waals surface area contributed by atoms with E-state index in [1.54, 1.807) is 27.9 Å². The zero-order chi connectivity index (χ0) is 25.7. The van der Waals surface area contributed by atoms with Gasteiger partial charge in [0.2, 0.25) is 0 Å². The average molecular weight is 485 g/mol. The van der Waals surface area contributed by atoms with Crippen molar-refractivity contribution in [2.24, 2.45) is 0 Å². The van der Waals surface area contributed by atoms with E-state index in [0.717, 1.165) is 18.4 Å². The number of carbonyl (C=O) groups excluding carboxylic acids is 2. The molecule has 0 radical (unpaired) electrons. The number of urea groups is 1. The van der Waals surface area contributed by atoms with E-state index in [2.05, 4.69) is 12.2 Å². The molecular formula is C28H40N2O5. The Bertz CT molecular complexity index is 927. The van der Waals surface area contributed by atoms with Crippen LogP contribution in [0.5, 0.6) is 11.5 Å². The van der Waals surface area contributed by atoms with Gasteiger partial charge in [0.15, 0.2) is 5.60 Å². The molecule has 0 bridgehead atoms. The number of esters is 1. The van der Waals surface area contributed by atoms with Gasteiger partial charge in [-0.05, 0) is 57.0 Å². The van der Waals surface area contributed by atoms with E-state index in [-0.39, 0.29) is 6.03 Å². The van der Waals surface area contributed by atoms with Crippen LogP contribution in [0.3, 0.4) is 0 Å². The van der Waals surface area contributed by atoms with E-state index in [1.807, 2.05) is 53.4 Å². The Hall–Kier alpha value is -3.22. The molecule has 2 aromatic carbocycles. The van der Waals surface area contributed by atoms with E-state index in [4.69, 9.17) is 14.2 Å². The number of methoxy groups -OCH3 is 1. The third-order valence-electron chi connectivity index (χ3n) is 5.60. The van der Waals surface area contributed by atoms with Crippen LogP contribution in [0.1, 0.15) is 65.4 Å². The summed E-state index contributed by atoms with van der Waals surface area (Å²) in [5.74, 6) is 0.775. The maximum atomic E-state index is 13.2. The smallest absolute Gasteiger partial charge is 0.349 e. The number of anilines is 1. The number of rotatable bonds is 14. The van der Waals surface area contributed by atoms with Crippen molar-refractivity contribution in [3.63, 3.8) is 0 Å². The molecule has 0 heterocycles. The minimum absolute atomic E-state index is 0.172. The van der Waals surface area contributed by atoms with E-state index in [1.165, 1.54) is 19.3 Å². The van der Waals surface area contributed by atoms with Crippen LogP contribution in [-0.4, -0.2) is 42.8 Å². The normalized spacial score (nSPS) is 11.0. The van der Waals surface area contributed by atoms with Crippen molar-refractivity contribution in [3.05, 3.63) is 54.1 Å². The molecule has 0 aliphatic carbocycles. The molecule has 2 rings (SSSR count). The van der Waals surface area contributed by atoms with Gasteiger partial charge in [-0.1, -0.05) is 56.9 Å². The number of hydrogen-bond acceptors (Lipinski definition) is 5. The van der Waals surface area contributed by atoms with Crippen molar-refractivity contribution in [3.8, 4) is 11.5 Å². The summed E-state index contributed by atoms with van der Waals surface area (Å²) < 4.78 is 16.3. The van der Waals surface area contributed by atoms with Crippen LogP contribution in [0, 0.1) is 0 Å².